The Labute approximate surface area is 188 Å². The number of rotatable bonds is 2. The maximum absolute atomic E-state index is 13.1. The molecule has 156 valence electrons. The van der Waals surface area contributed by atoms with Crippen molar-refractivity contribution >= 4 is 34.8 Å². The van der Waals surface area contributed by atoms with E-state index < -0.39 is 0 Å². The number of halogens is 2. The minimum absolute atomic E-state index is 0.0452. The SMILES string of the molecule is CC1CCN(C(=O)c2ccc3c(c2)C2C=CCC2C(c2c(Cl)cccc2Cl)N3)CC1. The van der Waals surface area contributed by atoms with Crippen molar-refractivity contribution in [3.05, 3.63) is 75.3 Å². The number of hydrogen-bond acceptors (Lipinski definition) is 2. The fraction of sp³-hybridized carbons (Fsp3) is 0.400. The molecular formula is C25H26Cl2N2O. The summed E-state index contributed by atoms with van der Waals surface area (Å²) in [6.07, 6.45) is 7.66. The van der Waals surface area contributed by atoms with Gasteiger partial charge in [0.25, 0.3) is 5.91 Å². The minimum Gasteiger partial charge on any atom is -0.378 e. The summed E-state index contributed by atoms with van der Waals surface area (Å²) in [7, 11) is 0. The van der Waals surface area contributed by atoms with Crippen LogP contribution in [0.4, 0.5) is 5.69 Å². The quantitative estimate of drug-likeness (QED) is 0.527. The molecule has 3 nitrogen and oxygen atoms in total. The van der Waals surface area contributed by atoms with Gasteiger partial charge in [0.15, 0.2) is 0 Å². The van der Waals surface area contributed by atoms with Gasteiger partial charge < -0.3 is 10.2 Å². The largest absolute Gasteiger partial charge is 0.378 e. The molecule has 2 aliphatic heterocycles. The third-order valence-electron chi connectivity index (χ3n) is 6.99. The van der Waals surface area contributed by atoms with E-state index >= 15 is 0 Å². The summed E-state index contributed by atoms with van der Waals surface area (Å²) in [6.45, 7) is 3.98. The predicted octanol–water partition coefficient (Wildman–Crippen LogP) is 6.69. The molecule has 3 unspecified atom stereocenters. The number of nitrogens with one attached hydrogen (secondary N) is 1. The summed E-state index contributed by atoms with van der Waals surface area (Å²) in [5, 5.41) is 5.07. The third-order valence-corrected chi connectivity index (χ3v) is 7.65. The first-order valence-electron chi connectivity index (χ1n) is 10.8. The Kier molecular flexibility index (Phi) is 5.28. The topological polar surface area (TPSA) is 32.3 Å². The number of benzene rings is 2. The van der Waals surface area contributed by atoms with E-state index in [1.165, 1.54) is 5.56 Å². The van der Waals surface area contributed by atoms with Gasteiger partial charge in [-0.25, -0.2) is 0 Å². The predicted molar refractivity (Wildman–Crippen MR) is 124 cm³/mol. The summed E-state index contributed by atoms with van der Waals surface area (Å²) >= 11 is 13.1. The van der Waals surface area contributed by atoms with Crippen molar-refractivity contribution in [3.8, 4) is 0 Å². The van der Waals surface area contributed by atoms with Crippen LogP contribution in [-0.2, 0) is 0 Å². The summed E-state index contributed by atoms with van der Waals surface area (Å²) in [5.41, 5.74) is 4.02. The second-order valence-electron chi connectivity index (χ2n) is 8.89. The highest BCUT2D eigenvalue weighted by Crippen LogP contribution is 2.52. The minimum atomic E-state index is 0.0452. The molecule has 3 atom stereocenters. The Morgan fingerprint density at radius 3 is 2.57 bits per heavy atom. The molecule has 1 aliphatic carbocycles. The molecule has 3 aliphatic rings. The maximum atomic E-state index is 13.1. The number of carbonyl (C=O) groups excluding carboxylic acids is 1. The Balaban J connectivity index is 1.48. The number of carbonyl (C=O) groups is 1. The van der Waals surface area contributed by atoms with Gasteiger partial charge in [-0.05, 0) is 67.0 Å². The Morgan fingerprint density at radius 2 is 1.83 bits per heavy atom. The molecule has 1 amide bonds. The molecular weight excluding hydrogens is 415 g/mol. The Hall–Kier alpha value is -1.97. The zero-order valence-corrected chi connectivity index (χ0v) is 18.6. The average Bonchev–Trinajstić information content (AvgIpc) is 3.24. The van der Waals surface area contributed by atoms with Crippen molar-refractivity contribution in [2.75, 3.05) is 18.4 Å². The average molecular weight is 441 g/mol. The molecule has 5 rings (SSSR count). The van der Waals surface area contributed by atoms with E-state index in [1.54, 1.807) is 0 Å². The van der Waals surface area contributed by atoms with Crippen LogP contribution in [0.3, 0.4) is 0 Å². The van der Waals surface area contributed by atoms with Crippen LogP contribution < -0.4 is 5.32 Å². The number of hydrogen-bond donors (Lipinski definition) is 1. The van der Waals surface area contributed by atoms with Gasteiger partial charge in [-0.15, -0.1) is 0 Å². The van der Waals surface area contributed by atoms with Crippen LogP contribution in [0.1, 0.15) is 59.6 Å². The number of anilines is 1. The number of amides is 1. The smallest absolute Gasteiger partial charge is 0.253 e. The van der Waals surface area contributed by atoms with Gasteiger partial charge in [0.05, 0.1) is 6.04 Å². The van der Waals surface area contributed by atoms with E-state index in [0.717, 1.165) is 49.2 Å². The molecule has 0 saturated carbocycles. The van der Waals surface area contributed by atoms with Crippen molar-refractivity contribution in [3.63, 3.8) is 0 Å². The van der Waals surface area contributed by atoms with Gasteiger partial charge in [-0.3, -0.25) is 4.79 Å². The molecule has 2 aromatic carbocycles. The first-order valence-corrected chi connectivity index (χ1v) is 11.6. The molecule has 1 saturated heterocycles. The normalized spacial score (nSPS) is 25.6. The van der Waals surface area contributed by atoms with E-state index in [-0.39, 0.29) is 17.9 Å². The van der Waals surface area contributed by atoms with Gasteiger partial charge >= 0.3 is 0 Å². The lowest BCUT2D eigenvalue weighted by Crippen LogP contribution is -2.38. The van der Waals surface area contributed by atoms with Gasteiger partial charge in [0.1, 0.15) is 0 Å². The van der Waals surface area contributed by atoms with Crippen molar-refractivity contribution in [2.45, 2.75) is 38.1 Å². The van der Waals surface area contributed by atoms with Crippen LogP contribution in [0.25, 0.3) is 0 Å². The summed E-state index contributed by atoms with van der Waals surface area (Å²) in [5.74, 6) is 1.45. The Morgan fingerprint density at radius 1 is 1.10 bits per heavy atom. The molecule has 1 N–H and O–H groups in total. The van der Waals surface area contributed by atoms with Gasteiger partial charge in [-0.2, -0.15) is 0 Å². The lowest BCUT2D eigenvalue weighted by Gasteiger charge is -2.38. The fourth-order valence-electron chi connectivity index (χ4n) is 5.22. The second-order valence-corrected chi connectivity index (χ2v) is 9.70. The highest BCUT2D eigenvalue weighted by atomic mass is 35.5. The first kappa shape index (κ1) is 20.0. The molecule has 30 heavy (non-hydrogen) atoms. The summed E-state index contributed by atoms with van der Waals surface area (Å²) in [6, 6.07) is 11.8. The molecule has 1 fully saturated rings. The van der Waals surface area contributed by atoms with Crippen LogP contribution in [0.2, 0.25) is 10.0 Å². The highest BCUT2D eigenvalue weighted by Gasteiger charge is 2.39. The number of nitrogens with zero attached hydrogens (tertiary/aromatic N) is 1. The number of piperidine rings is 1. The van der Waals surface area contributed by atoms with E-state index in [0.29, 0.717) is 21.9 Å². The molecule has 2 heterocycles. The van der Waals surface area contributed by atoms with Crippen molar-refractivity contribution in [2.24, 2.45) is 11.8 Å². The lowest BCUT2D eigenvalue weighted by atomic mass is 9.76. The Bertz CT molecular complexity index is 990. The zero-order chi connectivity index (χ0) is 20.8. The molecule has 2 aromatic rings. The monoisotopic (exact) mass is 440 g/mol. The van der Waals surface area contributed by atoms with E-state index in [9.17, 15) is 4.79 Å². The van der Waals surface area contributed by atoms with Crippen molar-refractivity contribution < 1.29 is 4.79 Å². The summed E-state index contributed by atoms with van der Waals surface area (Å²) in [4.78, 5) is 15.1. The molecule has 0 spiro atoms. The van der Waals surface area contributed by atoms with Crippen LogP contribution in [-0.4, -0.2) is 23.9 Å². The maximum Gasteiger partial charge on any atom is 0.253 e. The van der Waals surface area contributed by atoms with E-state index in [4.69, 9.17) is 23.2 Å². The molecule has 0 radical (unpaired) electrons. The first-order chi connectivity index (χ1) is 14.5. The standard InChI is InChI=1S/C25H26Cl2N2O/c1-15-10-12-29(13-11-15)25(30)16-8-9-22-19(14-16)17-4-2-5-18(17)24(28-22)23-20(26)6-3-7-21(23)27/h2-4,6-9,14-15,17-18,24,28H,5,10-13H2,1H3. The van der Waals surface area contributed by atoms with Crippen LogP contribution in [0.5, 0.6) is 0 Å². The van der Waals surface area contributed by atoms with Crippen molar-refractivity contribution in [1.29, 1.82) is 0 Å². The molecule has 5 heteroatoms. The third kappa shape index (κ3) is 3.42. The number of allylic oxidation sites excluding steroid dienone is 2. The molecule has 0 aromatic heterocycles. The van der Waals surface area contributed by atoms with Gasteiger partial charge in [0, 0.05) is 45.9 Å². The highest BCUT2D eigenvalue weighted by molar-refractivity contribution is 6.36. The van der Waals surface area contributed by atoms with E-state index in [2.05, 4.69) is 36.5 Å². The lowest BCUT2D eigenvalue weighted by molar-refractivity contribution is 0.0697. The fourth-order valence-corrected chi connectivity index (χ4v) is 5.85. The van der Waals surface area contributed by atoms with Crippen molar-refractivity contribution in [1.82, 2.24) is 4.90 Å². The van der Waals surface area contributed by atoms with Gasteiger partial charge in [0.2, 0.25) is 0 Å². The number of fused-ring (bicyclic) bond motifs is 3. The van der Waals surface area contributed by atoms with Gasteiger partial charge in [-0.1, -0.05) is 48.3 Å². The van der Waals surface area contributed by atoms with Crippen LogP contribution >= 0.6 is 23.2 Å². The summed E-state index contributed by atoms with van der Waals surface area (Å²) < 4.78 is 0. The number of likely N-dealkylation sites (tertiary alicyclic amines) is 1. The van der Waals surface area contributed by atoms with E-state index in [1.807, 2.05) is 29.2 Å². The van der Waals surface area contributed by atoms with Crippen LogP contribution in [0, 0.1) is 11.8 Å². The zero-order valence-electron chi connectivity index (χ0n) is 17.1. The molecule has 0 bridgehead atoms. The van der Waals surface area contributed by atoms with Crippen LogP contribution in [0.15, 0.2) is 48.6 Å². The second kappa shape index (κ2) is 7.94.